The molecule has 1 aliphatic rings. The lowest BCUT2D eigenvalue weighted by Gasteiger charge is -2.33. The highest BCUT2D eigenvalue weighted by Gasteiger charge is 2.27. The van der Waals surface area contributed by atoms with Crippen molar-refractivity contribution >= 4 is 11.9 Å². The predicted molar refractivity (Wildman–Crippen MR) is 83.1 cm³/mol. The molecular formula is C16H30N2O3. The maximum atomic E-state index is 12.4. The summed E-state index contributed by atoms with van der Waals surface area (Å²) in [4.78, 5) is 27.4. The molecule has 5 heteroatoms. The Hall–Kier alpha value is -1.10. The van der Waals surface area contributed by atoms with Crippen LogP contribution in [-0.2, 0) is 9.59 Å². The first kappa shape index (κ1) is 18.0. The summed E-state index contributed by atoms with van der Waals surface area (Å²) in [5, 5.41) is 9.00. The summed E-state index contributed by atoms with van der Waals surface area (Å²) in [6, 6.07) is 0. The van der Waals surface area contributed by atoms with E-state index in [0.717, 1.165) is 13.1 Å². The average molecular weight is 298 g/mol. The van der Waals surface area contributed by atoms with E-state index in [-0.39, 0.29) is 11.8 Å². The van der Waals surface area contributed by atoms with Gasteiger partial charge in [0.25, 0.3) is 0 Å². The number of carboxylic acids is 1. The summed E-state index contributed by atoms with van der Waals surface area (Å²) in [7, 11) is 0. The number of rotatable bonds is 7. The van der Waals surface area contributed by atoms with Crippen molar-refractivity contribution in [1.82, 2.24) is 9.80 Å². The molecule has 1 fully saturated rings. The van der Waals surface area contributed by atoms with Gasteiger partial charge in [0, 0.05) is 26.2 Å². The smallest absolute Gasteiger partial charge is 0.306 e. The largest absolute Gasteiger partial charge is 0.481 e. The number of carboxylic acid groups (broad SMARTS) is 1. The molecule has 0 saturated carbocycles. The highest BCUT2D eigenvalue weighted by molar-refractivity contribution is 5.79. The van der Waals surface area contributed by atoms with E-state index in [9.17, 15) is 9.59 Å². The van der Waals surface area contributed by atoms with Gasteiger partial charge in [-0.05, 0) is 24.7 Å². The number of aliphatic carboxylic acids is 1. The number of hydrogen-bond donors (Lipinski definition) is 1. The minimum Gasteiger partial charge on any atom is -0.481 e. The third-order valence-corrected chi connectivity index (χ3v) is 3.80. The molecule has 1 saturated heterocycles. The van der Waals surface area contributed by atoms with E-state index in [1.807, 2.05) is 4.90 Å². The van der Waals surface area contributed by atoms with Crippen LogP contribution in [0, 0.1) is 17.8 Å². The van der Waals surface area contributed by atoms with E-state index in [1.54, 1.807) is 0 Å². The molecule has 122 valence electrons. The Balaban J connectivity index is 2.48. The standard InChI is InChI=1S/C16H30N2O3/c1-12(2)9-17(10-13(3)4)11-15(19)18-7-5-14(6-8-18)16(20)21/h12-14H,5-11H2,1-4H3,(H,20,21). The molecule has 0 spiro atoms. The van der Waals surface area contributed by atoms with Gasteiger partial charge in [0.15, 0.2) is 0 Å². The number of likely N-dealkylation sites (tertiary alicyclic amines) is 1. The van der Waals surface area contributed by atoms with Crippen LogP contribution in [0.5, 0.6) is 0 Å². The number of carbonyl (C=O) groups is 2. The van der Waals surface area contributed by atoms with Gasteiger partial charge in [-0.15, -0.1) is 0 Å². The third-order valence-electron chi connectivity index (χ3n) is 3.80. The van der Waals surface area contributed by atoms with Gasteiger partial charge in [0.05, 0.1) is 12.5 Å². The van der Waals surface area contributed by atoms with Crippen molar-refractivity contribution in [1.29, 1.82) is 0 Å². The van der Waals surface area contributed by atoms with Gasteiger partial charge in [-0.25, -0.2) is 0 Å². The van der Waals surface area contributed by atoms with Gasteiger partial charge < -0.3 is 10.0 Å². The Morgan fingerprint density at radius 3 is 1.95 bits per heavy atom. The zero-order valence-electron chi connectivity index (χ0n) is 13.8. The summed E-state index contributed by atoms with van der Waals surface area (Å²) in [6.45, 7) is 12.1. The Kier molecular flexibility index (Phi) is 7.15. The fourth-order valence-corrected chi connectivity index (χ4v) is 2.90. The van der Waals surface area contributed by atoms with E-state index >= 15 is 0 Å². The van der Waals surface area contributed by atoms with Crippen molar-refractivity contribution < 1.29 is 14.7 Å². The number of carbonyl (C=O) groups excluding carboxylic acids is 1. The molecule has 21 heavy (non-hydrogen) atoms. The molecule has 5 nitrogen and oxygen atoms in total. The van der Waals surface area contributed by atoms with Crippen molar-refractivity contribution in [2.45, 2.75) is 40.5 Å². The number of piperidine rings is 1. The van der Waals surface area contributed by atoms with Crippen LogP contribution in [0.25, 0.3) is 0 Å². The fourth-order valence-electron chi connectivity index (χ4n) is 2.90. The van der Waals surface area contributed by atoms with Crippen LogP contribution in [-0.4, -0.2) is 59.5 Å². The van der Waals surface area contributed by atoms with Crippen molar-refractivity contribution in [2.75, 3.05) is 32.7 Å². The highest BCUT2D eigenvalue weighted by Crippen LogP contribution is 2.17. The first-order chi connectivity index (χ1) is 9.79. The van der Waals surface area contributed by atoms with E-state index in [1.165, 1.54) is 0 Å². The van der Waals surface area contributed by atoms with Crippen LogP contribution >= 0.6 is 0 Å². The van der Waals surface area contributed by atoms with Gasteiger partial charge in [0.1, 0.15) is 0 Å². The lowest BCUT2D eigenvalue weighted by molar-refractivity contribution is -0.146. The van der Waals surface area contributed by atoms with Gasteiger partial charge >= 0.3 is 5.97 Å². The highest BCUT2D eigenvalue weighted by atomic mass is 16.4. The van der Waals surface area contributed by atoms with Gasteiger partial charge in [-0.1, -0.05) is 27.7 Å². The summed E-state index contributed by atoms with van der Waals surface area (Å²) >= 11 is 0. The molecule has 0 aromatic carbocycles. The van der Waals surface area contributed by atoms with Crippen LogP contribution in [0.4, 0.5) is 0 Å². The van der Waals surface area contributed by atoms with Crippen LogP contribution in [0.2, 0.25) is 0 Å². The van der Waals surface area contributed by atoms with Gasteiger partial charge in [-0.3, -0.25) is 14.5 Å². The number of amides is 1. The second kappa shape index (κ2) is 8.37. The fraction of sp³-hybridized carbons (Fsp3) is 0.875. The Morgan fingerprint density at radius 1 is 1.10 bits per heavy atom. The average Bonchev–Trinajstić information content (AvgIpc) is 2.37. The topological polar surface area (TPSA) is 60.9 Å². The SMILES string of the molecule is CC(C)CN(CC(=O)N1CCC(C(=O)O)CC1)CC(C)C. The quantitative estimate of drug-likeness (QED) is 0.780. The summed E-state index contributed by atoms with van der Waals surface area (Å²) in [6.07, 6.45) is 1.16. The summed E-state index contributed by atoms with van der Waals surface area (Å²) in [5.74, 6) is 0.198. The normalized spacial score (nSPS) is 17.0. The Bertz CT molecular complexity index is 337. The predicted octanol–water partition coefficient (Wildman–Crippen LogP) is 1.92. The molecule has 0 atom stereocenters. The molecule has 0 aliphatic carbocycles. The molecular weight excluding hydrogens is 268 g/mol. The van der Waals surface area contributed by atoms with Crippen LogP contribution in [0.1, 0.15) is 40.5 Å². The van der Waals surface area contributed by atoms with Crippen molar-refractivity contribution in [3.8, 4) is 0 Å². The minimum atomic E-state index is -0.733. The molecule has 1 aliphatic heterocycles. The van der Waals surface area contributed by atoms with Gasteiger partial charge in [-0.2, -0.15) is 0 Å². The minimum absolute atomic E-state index is 0.139. The molecule has 0 radical (unpaired) electrons. The van der Waals surface area contributed by atoms with Crippen LogP contribution in [0.3, 0.4) is 0 Å². The first-order valence-electron chi connectivity index (χ1n) is 8.02. The third kappa shape index (κ3) is 6.46. The van der Waals surface area contributed by atoms with E-state index in [0.29, 0.717) is 44.3 Å². The zero-order valence-corrected chi connectivity index (χ0v) is 13.8. The first-order valence-corrected chi connectivity index (χ1v) is 8.02. The second-order valence-electron chi connectivity index (χ2n) is 6.98. The second-order valence-corrected chi connectivity index (χ2v) is 6.98. The number of hydrogen-bond acceptors (Lipinski definition) is 3. The van der Waals surface area contributed by atoms with Gasteiger partial charge in [0.2, 0.25) is 5.91 Å². The molecule has 1 N–H and O–H groups in total. The Labute approximate surface area is 128 Å². The van der Waals surface area contributed by atoms with Crippen LogP contribution in [0.15, 0.2) is 0 Å². The lowest BCUT2D eigenvalue weighted by Crippen LogP contribution is -2.46. The lowest BCUT2D eigenvalue weighted by atomic mass is 9.97. The molecule has 1 amide bonds. The summed E-state index contributed by atoms with van der Waals surface area (Å²) < 4.78 is 0. The van der Waals surface area contributed by atoms with E-state index in [2.05, 4.69) is 32.6 Å². The molecule has 1 heterocycles. The molecule has 0 bridgehead atoms. The number of nitrogens with zero attached hydrogens (tertiary/aromatic N) is 2. The van der Waals surface area contributed by atoms with E-state index in [4.69, 9.17) is 5.11 Å². The van der Waals surface area contributed by atoms with Crippen LogP contribution < -0.4 is 0 Å². The maximum absolute atomic E-state index is 12.4. The molecule has 0 aromatic heterocycles. The molecule has 0 unspecified atom stereocenters. The Morgan fingerprint density at radius 2 is 1.57 bits per heavy atom. The molecule has 1 rings (SSSR count). The van der Waals surface area contributed by atoms with Crippen molar-refractivity contribution in [3.63, 3.8) is 0 Å². The van der Waals surface area contributed by atoms with Crippen molar-refractivity contribution in [3.05, 3.63) is 0 Å². The summed E-state index contributed by atoms with van der Waals surface area (Å²) in [5.41, 5.74) is 0. The maximum Gasteiger partial charge on any atom is 0.306 e. The van der Waals surface area contributed by atoms with Crippen molar-refractivity contribution in [2.24, 2.45) is 17.8 Å². The van der Waals surface area contributed by atoms with E-state index < -0.39 is 5.97 Å². The monoisotopic (exact) mass is 298 g/mol. The molecule has 0 aromatic rings. The zero-order chi connectivity index (χ0) is 16.0.